The van der Waals surface area contributed by atoms with Crippen molar-refractivity contribution in [3.63, 3.8) is 0 Å². The monoisotopic (exact) mass is 280 g/mol. The summed E-state index contributed by atoms with van der Waals surface area (Å²) in [4.78, 5) is 0. The van der Waals surface area contributed by atoms with Crippen molar-refractivity contribution in [2.45, 2.75) is 13.1 Å². The Morgan fingerprint density at radius 1 is 1.20 bits per heavy atom. The van der Waals surface area contributed by atoms with Gasteiger partial charge in [-0.25, -0.2) is 4.68 Å². The minimum Gasteiger partial charge on any atom is -0.287 e. The summed E-state index contributed by atoms with van der Waals surface area (Å²) in [7, 11) is 0. The third kappa shape index (κ3) is 2.76. The molecule has 0 aliphatic rings. The fourth-order valence-corrected chi connectivity index (χ4v) is 1.69. The van der Waals surface area contributed by atoms with Crippen LogP contribution in [-0.2, 0) is 6.18 Å². The molecule has 0 amide bonds. The standard InChI is InChI=1S/C13H11F3N4/c1-8(17)20-12(18)6-5-11(19-20)9-3-2-4-10(7-9)13(14,15)16/h2-7,17-18H,1H3. The molecule has 2 aromatic rings. The van der Waals surface area contributed by atoms with Crippen molar-refractivity contribution in [2.75, 3.05) is 0 Å². The lowest BCUT2D eigenvalue weighted by atomic mass is 10.1. The highest BCUT2D eigenvalue weighted by Crippen LogP contribution is 2.31. The molecule has 2 N–H and O–H groups in total. The Morgan fingerprint density at radius 2 is 1.90 bits per heavy atom. The summed E-state index contributed by atoms with van der Waals surface area (Å²) in [5.41, 5.74) is -0.202. The van der Waals surface area contributed by atoms with Crippen LogP contribution >= 0.6 is 0 Å². The summed E-state index contributed by atoms with van der Waals surface area (Å²) in [6, 6.07) is 7.63. The predicted octanol–water partition coefficient (Wildman–Crippen LogP) is 2.89. The summed E-state index contributed by atoms with van der Waals surface area (Å²) in [6.45, 7) is 1.45. The molecule has 0 saturated heterocycles. The topological polar surface area (TPSA) is 65.5 Å². The number of benzene rings is 1. The van der Waals surface area contributed by atoms with Crippen LogP contribution in [0.5, 0.6) is 0 Å². The Kier molecular flexibility index (Phi) is 3.44. The number of hydrogen-bond acceptors (Lipinski definition) is 3. The average Bonchev–Trinajstić information content (AvgIpc) is 2.38. The molecule has 20 heavy (non-hydrogen) atoms. The van der Waals surface area contributed by atoms with E-state index in [1.165, 1.54) is 31.2 Å². The summed E-state index contributed by atoms with van der Waals surface area (Å²) in [6.07, 6.45) is -4.42. The molecule has 0 saturated carbocycles. The van der Waals surface area contributed by atoms with E-state index in [4.69, 9.17) is 10.8 Å². The van der Waals surface area contributed by atoms with Crippen LogP contribution in [-0.4, -0.2) is 15.6 Å². The SMILES string of the molecule is CC(=N)n1nc(-c2cccc(C(F)(F)F)c2)ccc1=N. The lowest BCUT2D eigenvalue weighted by Crippen LogP contribution is -2.26. The first-order valence-corrected chi connectivity index (χ1v) is 5.67. The zero-order valence-corrected chi connectivity index (χ0v) is 10.5. The Bertz CT molecular complexity index is 716. The van der Waals surface area contributed by atoms with Crippen LogP contribution in [0.15, 0.2) is 36.4 Å². The number of nitrogens with zero attached hydrogens (tertiary/aromatic N) is 2. The highest BCUT2D eigenvalue weighted by atomic mass is 19.4. The smallest absolute Gasteiger partial charge is 0.287 e. The number of halogens is 3. The van der Waals surface area contributed by atoms with Crippen LogP contribution in [0.25, 0.3) is 11.3 Å². The van der Waals surface area contributed by atoms with E-state index in [0.717, 1.165) is 16.8 Å². The van der Waals surface area contributed by atoms with E-state index in [1.807, 2.05) is 0 Å². The van der Waals surface area contributed by atoms with Crippen molar-refractivity contribution in [3.05, 3.63) is 47.4 Å². The van der Waals surface area contributed by atoms with Gasteiger partial charge in [0.05, 0.1) is 11.3 Å². The van der Waals surface area contributed by atoms with Gasteiger partial charge in [0.1, 0.15) is 11.3 Å². The molecule has 1 aromatic carbocycles. The summed E-state index contributed by atoms with van der Waals surface area (Å²) >= 11 is 0. The van der Waals surface area contributed by atoms with Gasteiger partial charge in [-0.15, -0.1) is 0 Å². The van der Waals surface area contributed by atoms with Crippen molar-refractivity contribution in [3.8, 4) is 11.3 Å². The minimum atomic E-state index is -4.42. The molecule has 7 heteroatoms. The number of nitrogens with one attached hydrogen (secondary N) is 2. The van der Waals surface area contributed by atoms with E-state index >= 15 is 0 Å². The maximum absolute atomic E-state index is 12.7. The first kappa shape index (κ1) is 14.0. The highest BCUT2D eigenvalue weighted by Gasteiger charge is 2.30. The molecule has 104 valence electrons. The van der Waals surface area contributed by atoms with Crippen molar-refractivity contribution in [2.24, 2.45) is 0 Å². The largest absolute Gasteiger partial charge is 0.416 e. The first-order chi connectivity index (χ1) is 9.29. The Balaban J connectivity index is 2.55. The van der Waals surface area contributed by atoms with Crippen LogP contribution in [0.4, 0.5) is 13.2 Å². The van der Waals surface area contributed by atoms with Gasteiger partial charge >= 0.3 is 6.18 Å². The average molecular weight is 280 g/mol. The molecule has 1 aromatic heterocycles. The second-order valence-corrected chi connectivity index (χ2v) is 4.18. The number of aromatic nitrogens is 2. The molecular formula is C13H11F3N4. The van der Waals surface area contributed by atoms with Gasteiger partial charge in [0, 0.05) is 5.56 Å². The van der Waals surface area contributed by atoms with E-state index in [-0.39, 0.29) is 22.6 Å². The molecule has 0 aliphatic carbocycles. The van der Waals surface area contributed by atoms with Crippen LogP contribution in [0.2, 0.25) is 0 Å². The van der Waals surface area contributed by atoms with Crippen LogP contribution in [0.3, 0.4) is 0 Å². The van der Waals surface area contributed by atoms with Crippen molar-refractivity contribution < 1.29 is 13.2 Å². The van der Waals surface area contributed by atoms with Gasteiger partial charge in [-0.2, -0.15) is 18.3 Å². The second-order valence-electron chi connectivity index (χ2n) is 4.18. The predicted molar refractivity (Wildman–Crippen MR) is 67.3 cm³/mol. The number of hydrogen-bond donors (Lipinski definition) is 2. The molecule has 2 rings (SSSR count). The summed E-state index contributed by atoms with van der Waals surface area (Å²) in [5, 5.41) is 19.1. The van der Waals surface area contributed by atoms with Gasteiger partial charge in [0.2, 0.25) is 0 Å². The van der Waals surface area contributed by atoms with Crippen molar-refractivity contribution >= 4 is 5.84 Å². The van der Waals surface area contributed by atoms with Gasteiger partial charge in [-0.3, -0.25) is 10.8 Å². The van der Waals surface area contributed by atoms with E-state index in [0.29, 0.717) is 0 Å². The Hall–Kier alpha value is -2.44. The number of rotatable bonds is 1. The zero-order chi connectivity index (χ0) is 14.9. The first-order valence-electron chi connectivity index (χ1n) is 5.67. The fraction of sp³-hybridized carbons (Fsp3) is 0.154. The summed E-state index contributed by atoms with van der Waals surface area (Å²) in [5.74, 6) is 0.0174. The van der Waals surface area contributed by atoms with Crippen molar-refractivity contribution in [1.29, 1.82) is 10.8 Å². The summed E-state index contributed by atoms with van der Waals surface area (Å²) < 4.78 is 39.0. The maximum Gasteiger partial charge on any atom is 0.416 e. The molecule has 0 bridgehead atoms. The minimum absolute atomic E-state index is 0.00627. The van der Waals surface area contributed by atoms with Crippen molar-refractivity contribution in [1.82, 2.24) is 9.78 Å². The van der Waals surface area contributed by atoms with Crippen LogP contribution in [0, 0.1) is 10.8 Å². The highest BCUT2D eigenvalue weighted by molar-refractivity contribution is 5.78. The molecule has 0 aliphatic heterocycles. The normalized spacial score (nSPS) is 11.4. The zero-order valence-electron chi connectivity index (χ0n) is 10.5. The lowest BCUT2D eigenvalue weighted by Gasteiger charge is -2.10. The van der Waals surface area contributed by atoms with Crippen LogP contribution in [0.1, 0.15) is 12.5 Å². The van der Waals surface area contributed by atoms with E-state index in [2.05, 4.69) is 5.10 Å². The Labute approximate surface area is 112 Å². The third-order valence-electron chi connectivity index (χ3n) is 2.64. The van der Waals surface area contributed by atoms with E-state index in [9.17, 15) is 13.2 Å². The molecule has 0 radical (unpaired) electrons. The molecule has 0 unspecified atom stereocenters. The van der Waals surface area contributed by atoms with Gasteiger partial charge in [-0.1, -0.05) is 12.1 Å². The van der Waals surface area contributed by atoms with Crippen LogP contribution < -0.4 is 5.49 Å². The molecule has 0 fully saturated rings. The fourth-order valence-electron chi connectivity index (χ4n) is 1.69. The van der Waals surface area contributed by atoms with E-state index in [1.54, 1.807) is 0 Å². The van der Waals surface area contributed by atoms with Gasteiger partial charge in [-0.05, 0) is 31.2 Å². The second kappa shape index (κ2) is 4.92. The van der Waals surface area contributed by atoms with E-state index < -0.39 is 11.7 Å². The molecule has 4 nitrogen and oxygen atoms in total. The number of alkyl halides is 3. The Morgan fingerprint density at radius 3 is 2.50 bits per heavy atom. The third-order valence-corrected chi connectivity index (χ3v) is 2.64. The quantitative estimate of drug-likeness (QED) is 0.612. The maximum atomic E-state index is 12.7. The molecule has 0 spiro atoms. The lowest BCUT2D eigenvalue weighted by molar-refractivity contribution is -0.137. The van der Waals surface area contributed by atoms with Gasteiger partial charge in [0.15, 0.2) is 0 Å². The molecular weight excluding hydrogens is 269 g/mol. The van der Waals surface area contributed by atoms with Gasteiger partial charge < -0.3 is 0 Å². The molecule has 1 heterocycles. The van der Waals surface area contributed by atoms with Gasteiger partial charge in [0.25, 0.3) is 0 Å². The molecule has 0 atom stereocenters.